The summed E-state index contributed by atoms with van der Waals surface area (Å²) in [6.07, 6.45) is 3.34. The van der Waals surface area contributed by atoms with E-state index < -0.39 is 5.41 Å². The van der Waals surface area contributed by atoms with Gasteiger partial charge in [0.05, 0.1) is 6.61 Å². The summed E-state index contributed by atoms with van der Waals surface area (Å²) in [7, 11) is 0. The molecule has 1 rings (SSSR count). The Labute approximate surface area is 96.9 Å². The number of carbonyl (C=O) groups is 2. The maximum absolute atomic E-state index is 12.0. The average Bonchev–Trinajstić information content (AvgIpc) is 2.21. The molecule has 0 aliphatic heterocycles. The predicted octanol–water partition coefficient (Wildman–Crippen LogP) is 2.65. The van der Waals surface area contributed by atoms with E-state index in [1.54, 1.807) is 6.92 Å². The van der Waals surface area contributed by atoms with Gasteiger partial charge in [0.25, 0.3) is 0 Å². The fraction of sp³-hybridized carbons (Fsp3) is 0.692. The standard InChI is InChI=1S/C13H20O3/c1-4-16-12(15)13(9-10(2)3)8-6-5-7-11(13)14/h2,4-9H2,1,3H3. The lowest BCUT2D eigenvalue weighted by molar-refractivity contribution is -0.162. The molecule has 0 aromatic heterocycles. The lowest BCUT2D eigenvalue weighted by Gasteiger charge is -2.33. The second-order valence-electron chi connectivity index (χ2n) is 4.57. The van der Waals surface area contributed by atoms with Crippen molar-refractivity contribution in [3.63, 3.8) is 0 Å². The first-order chi connectivity index (χ1) is 7.53. The summed E-state index contributed by atoms with van der Waals surface area (Å²) >= 11 is 0. The fourth-order valence-corrected chi connectivity index (χ4v) is 2.35. The topological polar surface area (TPSA) is 43.4 Å². The van der Waals surface area contributed by atoms with Crippen molar-refractivity contribution in [1.82, 2.24) is 0 Å². The molecule has 1 fully saturated rings. The van der Waals surface area contributed by atoms with Gasteiger partial charge in [0.15, 0.2) is 5.78 Å². The second kappa shape index (κ2) is 5.28. The van der Waals surface area contributed by atoms with Crippen LogP contribution in [0.1, 0.15) is 46.0 Å². The molecule has 1 aliphatic carbocycles. The van der Waals surface area contributed by atoms with E-state index in [1.807, 2.05) is 6.92 Å². The highest BCUT2D eigenvalue weighted by Crippen LogP contribution is 2.39. The Bertz CT molecular complexity index is 306. The zero-order chi connectivity index (χ0) is 12.2. The first-order valence-corrected chi connectivity index (χ1v) is 5.88. The summed E-state index contributed by atoms with van der Waals surface area (Å²) in [4.78, 5) is 24.0. The Hall–Kier alpha value is -1.12. The number of ketones is 1. The Morgan fingerprint density at radius 1 is 1.50 bits per heavy atom. The van der Waals surface area contributed by atoms with Gasteiger partial charge < -0.3 is 4.74 Å². The van der Waals surface area contributed by atoms with Crippen molar-refractivity contribution in [3.05, 3.63) is 12.2 Å². The number of Topliss-reactive ketones (excluding diaryl/α,β-unsaturated/α-hetero) is 1. The molecule has 0 N–H and O–H groups in total. The van der Waals surface area contributed by atoms with Crippen molar-refractivity contribution in [2.24, 2.45) is 5.41 Å². The average molecular weight is 224 g/mol. The van der Waals surface area contributed by atoms with Gasteiger partial charge in [-0.1, -0.05) is 12.0 Å². The summed E-state index contributed by atoms with van der Waals surface area (Å²) in [6.45, 7) is 7.75. The molecule has 3 heteroatoms. The molecule has 1 saturated carbocycles. The lowest BCUT2D eigenvalue weighted by Crippen LogP contribution is -2.43. The molecule has 0 heterocycles. The molecule has 1 atom stereocenters. The van der Waals surface area contributed by atoms with E-state index in [0.29, 0.717) is 25.9 Å². The number of carbonyl (C=O) groups excluding carboxylic acids is 2. The van der Waals surface area contributed by atoms with E-state index in [2.05, 4.69) is 6.58 Å². The number of rotatable bonds is 4. The van der Waals surface area contributed by atoms with E-state index in [-0.39, 0.29) is 11.8 Å². The second-order valence-corrected chi connectivity index (χ2v) is 4.57. The normalized spacial score (nSPS) is 25.2. The maximum atomic E-state index is 12.0. The molecule has 0 bridgehead atoms. The van der Waals surface area contributed by atoms with E-state index in [9.17, 15) is 9.59 Å². The van der Waals surface area contributed by atoms with Crippen LogP contribution in [0.2, 0.25) is 0 Å². The summed E-state index contributed by atoms with van der Waals surface area (Å²) in [5, 5.41) is 0. The molecule has 0 radical (unpaired) electrons. The zero-order valence-electron chi connectivity index (χ0n) is 10.2. The molecule has 0 aromatic carbocycles. The number of hydrogen-bond acceptors (Lipinski definition) is 3. The predicted molar refractivity (Wildman–Crippen MR) is 62.0 cm³/mol. The molecule has 3 nitrogen and oxygen atoms in total. The van der Waals surface area contributed by atoms with Crippen LogP contribution in [0, 0.1) is 5.41 Å². The lowest BCUT2D eigenvalue weighted by atomic mass is 9.69. The van der Waals surface area contributed by atoms with Crippen LogP contribution >= 0.6 is 0 Å². The summed E-state index contributed by atoms with van der Waals surface area (Å²) < 4.78 is 5.06. The minimum absolute atomic E-state index is 0.0280. The van der Waals surface area contributed by atoms with Crippen LogP contribution in [0.15, 0.2) is 12.2 Å². The Morgan fingerprint density at radius 2 is 2.19 bits per heavy atom. The minimum Gasteiger partial charge on any atom is -0.465 e. The number of ether oxygens (including phenoxy) is 1. The van der Waals surface area contributed by atoms with Crippen LogP contribution in [0.3, 0.4) is 0 Å². The highest BCUT2D eigenvalue weighted by atomic mass is 16.5. The number of esters is 1. The highest BCUT2D eigenvalue weighted by molar-refractivity contribution is 6.04. The van der Waals surface area contributed by atoms with Gasteiger partial charge in [-0.15, -0.1) is 6.58 Å². The van der Waals surface area contributed by atoms with Gasteiger partial charge >= 0.3 is 5.97 Å². The van der Waals surface area contributed by atoms with Crippen LogP contribution in [0.25, 0.3) is 0 Å². The van der Waals surface area contributed by atoms with E-state index in [0.717, 1.165) is 18.4 Å². The molecule has 16 heavy (non-hydrogen) atoms. The fourth-order valence-electron chi connectivity index (χ4n) is 2.35. The number of allylic oxidation sites excluding steroid dienone is 1. The molecule has 0 aromatic rings. The highest BCUT2D eigenvalue weighted by Gasteiger charge is 2.47. The van der Waals surface area contributed by atoms with Gasteiger partial charge in [0, 0.05) is 6.42 Å². The molecule has 0 spiro atoms. The van der Waals surface area contributed by atoms with Crippen LogP contribution in [0.4, 0.5) is 0 Å². The maximum Gasteiger partial charge on any atom is 0.319 e. The van der Waals surface area contributed by atoms with Crippen molar-refractivity contribution in [1.29, 1.82) is 0 Å². The van der Waals surface area contributed by atoms with Gasteiger partial charge in [-0.3, -0.25) is 9.59 Å². The number of hydrogen-bond donors (Lipinski definition) is 0. The minimum atomic E-state index is -0.930. The van der Waals surface area contributed by atoms with Crippen molar-refractivity contribution in [2.45, 2.75) is 46.0 Å². The molecule has 0 amide bonds. The summed E-state index contributed by atoms with van der Waals surface area (Å²) in [5.41, 5.74) is -0.0663. The molecule has 90 valence electrons. The van der Waals surface area contributed by atoms with Crippen LogP contribution in [-0.2, 0) is 14.3 Å². The van der Waals surface area contributed by atoms with Crippen molar-refractivity contribution in [3.8, 4) is 0 Å². The Balaban J connectivity index is 2.94. The third-order valence-corrected chi connectivity index (χ3v) is 3.06. The Morgan fingerprint density at radius 3 is 2.69 bits per heavy atom. The van der Waals surface area contributed by atoms with Gasteiger partial charge in [-0.2, -0.15) is 0 Å². The first-order valence-electron chi connectivity index (χ1n) is 5.88. The van der Waals surface area contributed by atoms with Crippen LogP contribution in [-0.4, -0.2) is 18.4 Å². The van der Waals surface area contributed by atoms with Gasteiger partial charge in [0.2, 0.25) is 0 Å². The SMILES string of the molecule is C=C(C)CC1(C(=O)OCC)CCCCC1=O. The third-order valence-electron chi connectivity index (χ3n) is 3.06. The van der Waals surface area contributed by atoms with Crippen molar-refractivity contribution < 1.29 is 14.3 Å². The molecule has 0 saturated heterocycles. The van der Waals surface area contributed by atoms with Crippen LogP contribution in [0.5, 0.6) is 0 Å². The molecular weight excluding hydrogens is 204 g/mol. The van der Waals surface area contributed by atoms with E-state index in [4.69, 9.17) is 4.74 Å². The Kier molecular flexibility index (Phi) is 4.27. The molecular formula is C13H20O3. The zero-order valence-corrected chi connectivity index (χ0v) is 10.2. The summed E-state index contributed by atoms with van der Waals surface area (Å²) in [6, 6.07) is 0. The summed E-state index contributed by atoms with van der Waals surface area (Å²) in [5.74, 6) is -0.331. The monoisotopic (exact) mass is 224 g/mol. The smallest absolute Gasteiger partial charge is 0.319 e. The molecule has 1 aliphatic rings. The van der Waals surface area contributed by atoms with Gasteiger partial charge in [0.1, 0.15) is 5.41 Å². The van der Waals surface area contributed by atoms with Gasteiger partial charge in [-0.25, -0.2) is 0 Å². The van der Waals surface area contributed by atoms with Crippen molar-refractivity contribution in [2.75, 3.05) is 6.61 Å². The first kappa shape index (κ1) is 12.9. The van der Waals surface area contributed by atoms with Crippen molar-refractivity contribution >= 4 is 11.8 Å². The van der Waals surface area contributed by atoms with E-state index >= 15 is 0 Å². The molecule has 1 unspecified atom stereocenters. The quantitative estimate of drug-likeness (QED) is 0.419. The van der Waals surface area contributed by atoms with Gasteiger partial charge in [-0.05, 0) is 33.1 Å². The third kappa shape index (κ3) is 2.52. The largest absolute Gasteiger partial charge is 0.465 e. The van der Waals surface area contributed by atoms with Crippen LogP contribution < -0.4 is 0 Å². The van der Waals surface area contributed by atoms with E-state index in [1.165, 1.54) is 0 Å².